The van der Waals surface area contributed by atoms with Crippen molar-refractivity contribution < 1.29 is 27.5 Å². The van der Waals surface area contributed by atoms with Crippen molar-refractivity contribution in [2.45, 2.75) is 37.7 Å². The molecule has 1 amide bonds. The molecular formula is C9H13F4NO2. The van der Waals surface area contributed by atoms with Crippen molar-refractivity contribution in [2.75, 3.05) is 6.54 Å². The molecule has 0 aliphatic heterocycles. The van der Waals surface area contributed by atoms with Gasteiger partial charge in [0.2, 0.25) is 0 Å². The maximum atomic E-state index is 12.5. The molecule has 0 aromatic carbocycles. The van der Waals surface area contributed by atoms with Crippen LogP contribution in [0.3, 0.4) is 0 Å². The summed E-state index contributed by atoms with van der Waals surface area (Å²) in [6.45, 7) is -0.192. The Morgan fingerprint density at radius 3 is 2.50 bits per heavy atom. The number of amides is 1. The Kier molecular flexibility index (Phi) is 4.12. The van der Waals surface area contributed by atoms with Gasteiger partial charge in [0.15, 0.2) is 0 Å². The molecule has 1 aliphatic rings. The second-order valence-electron chi connectivity index (χ2n) is 3.89. The van der Waals surface area contributed by atoms with Gasteiger partial charge in [0.05, 0.1) is 6.10 Å². The normalized spacial score (nSPS) is 26.1. The molecule has 1 saturated carbocycles. The quantitative estimate of drug-likeness (QED) is 0.728. The van der Waals surface area contributed by atoms with Crippen molar-refractivity contribution >= 4 is 5.91 Å². The van der Waals surface area contributed by atoms with Crippen molar-refractivity contribution in [3.63, 3.8) is 0 Å². The van der Waals surface area contributed by atoms with Crippen LogP contribution in [0.5, 0.6) is 0 Å². The molecule has 0 aromatic heterocycles. The number of carbonyl (C=O) groups is 1. The highest BCUT2D eigenvalue weighted by Gasteiger charge is 2.49. The SMILES string of the molecule is O=C(NCC1CCCC1O)C(F)(F)C(F)F. The van der Waals surface area contributed by atoms with Crippen LogP contribution in [0.4, 0.5) is 17.6 Å². The summed E-state index contributed by atoms with van der Waals surface area (Å²) >= 11 is 0. The number of hydrogen-bond donors (Lipinski definition) is 2. The zero-order valence-electron chi connectivity index (χ0n) is 8.43. The fourth-order valence-corrected chi connectivity index (χ4v) is 1.70. The van der Waals surface area contributed by atoms with Crippen molar-refractivity contribution in [1.29, 1.82) is 0 Å². The van der Waals surface area contributed by atoms with Gasteiger partial charge in [0.1, 0.15) is 0 Å². The third-order valence-electron chi connectivity index (χ3n) is 2.72. The summed E-state index contributed by atoms with van der Waals surface area (Å²) in [5, 5.41) is 11.1. The lowest BCUT2D eigenvalue weighted by Gasteiger charge is -2.18. The van der Waals surface area contributed by atoms with Crippen LogP contribution in [-0.2, 0) is 4.79 Å². The first kappa shape index (κ1) is 13.2. The molecule has 2 atom stereocenters. The number of carbonyl (C=O) groups excluding carboxylic acids is 1. The van der Waals surface area contributed by atoms with Crippen molar-refractivity contribution in [2.24, 2.45) is 5.92 Å². The number of hydrogen-bond acceptors (Lipinski definition) is 2. The highest BCUT2D eigenvalue weighted by molar-refractivity contribution is 5.83. The van der Waals surface area contributed by atoms with E-state index in [1.807, 2.05) is 0 Å². The van der Waals surface area contributed by atoms with Crippen LogP contribution >= 0.6 is 0 Å². The number of aliphatic hydroxyl groups is 1. The fourth-order valence-electron chi connectivity index (χ4n) is 1.70. The van der Waals surface area contributed by atoms with E-state index in [4.69, 9.17) is 0 Å². The first-order valence-corrected chi connectivity index (χ1v) is 4.98. The highest BCUT2D eigenvalue weighted by atomic mass is 19.3. The Hall–Kier alpha value is -0.850. The number of nitrogens with one attached hydrogen (secondary N) is 1. The third kappa shape index (κ3) is 2.84. The first-order chi connectivity index (χ1) is 7.35. The molecule has 0 spiro atoms. The molecule has 0 heterocycles. The second-order valence-corrected chi connectivity index (χ2v) is 3.89. The summed E-state index contributed by atoms with van der Waals surface area (Å²) in [4.78, 5) is 10.7. The molecule has 1 aliphatic carbocycles. The molecular weight excluding hydrogens is 230 g/mol. The summed E-state index contributed by atoms with van der Waals surface area (Å²) in [7, 11) is 0. The maximum absolute atomic E-state index is 12.5. The van der Waals surface area contributed by atoms with Crippen LogP contribution < -0.4 is 5.32 Å². The van der Waals surface area contributed by atoms with Crippen LogP contribution in [0.1, 0.15) is 19.3 Å². The van der Waals surface area contributed by atoms with E-state index in [1.165, 1.54) is 0 Å². The highest BCUT2D eigenvalue weighted by Crippen LogP contribution is 2.26. The molecule has 0 bridgehead atoms. The van der Waals surface area contributed by atoms with E-state index in [0.29, 0.717) is 12.8 Å². The van der Waals surface area contributed by atoms with E-state index in [-0.39, 0.29) is 12.5 Å². The number of rotatable bonds is 4. The van der Waals surface area contributed by atoms with E-state index >= 15 is 0 Å². The lowest BCUT2D eigenvalue weighted by molar-refractivity contribution is -0.169. The van der Waals surface area contributed by atoms with E-state index in [1.54, 1.807) is 5.32 Å². The van der Waals surface area contributed by atoms with Crippen LogP contribution in [0.25, 0.3) is 0 Å². The van der Waals surface area contributed by atoms with Gasteiger partial charge >= 0.3 is 12.3 Å². The molecule has 2 unspecified atom stereocenters. The Morgan fingerprint density at radius 1 is 1.44 bits per heavy atom. The molecule has 0 saturated heterocycles. The Labute approximate surface area is 89.8 Å². The smallest absolute Gasteiger partial charge is 0.383 e. The minimum absolute atomic E-state index is 0.192. The molecule has 3 nitrogen and oxygen atoms in total. The summed E-state index contributed by atoms with van der Waals surface area (Å²) in [6, 6.07) is 0. The predicted octanol–water partition coefficient (Wildman–Crippen LogP) is 1.16. The lowest BCUT2D eigenvalue weighted by Crippen LogP contribution is -2.47. The minimum Gasteiger partial charge on any atom is -0.393 e. The van der Waals surface area contributed by atoms with Gasteiger partial charge in [-0.3, -0.25) is 4.79 Å². The van der Waals surface area contributed by atoms with Gasteiger partial charge in [-0.15, -0.1) is 0 Å². The summed E-state index contributed by atoms with van der Waals surface area (Å²) in [5.74, 6) is -6.97. The van der Waals surface area contributed by atoms with Gasteiger partial charge in [-0.25, -0.2) is 8.78 Å². The molecule has 7 heteroatoms. The van der Waals surface area contributed by atoms with Gasteiger partial charge in [-0.05, 0) is 12.8 Å². The fraction of sp³-hybridized carbons (Fsp3) is 0.889. The van der Waals surface area contributed by atoms with Crippen molar-refractivity contribution in [3.8, 4) is 0 Å². The molecule has 1 rings (SSSR count). The molecule has 94 valence electrons. The van der Waals surface area contributed by atoms with Gasteiger partial charge < -0.3 is 10.4 Å². The molecule has 16 heavy (non-hydrogen) atoms. The maximum Gasteiger partial charge on any atom is 0.383 e. The van der Waals surface area contributed by atoms with Crippen LogP contribution in [0.2, 0.25) is 0 Å². The minimum atomic E-state index is -4.66. The third-order valence-corrected chi connectivity index (χ3v) is 2.72. The average molecular weight is 243 g/mol. The van der Waals surface area contributed by atoms with Crippen molar-refractivity contribution in [3.05, 3.63) is 0 Å². The monoisotopic (exact) mass is 243 g/mol. The summed E-state index contributed by atoms with van der Waals surface area (Å²) < 4.78 is 48.5. The van der Waals surface area contributed by atoms with Crippen LogP contribution in [0, 0.1) is 5.92 Å². The lowest BCUT2D eigenvalue weighted by atomic mass is 10.1. The second kappa shape index (κ2) is 4.99. The van der Waals surface area contributed by atoms with Crippen LogP contribution in [0.15, 0.2) is 0 Å². The van der Waals surface area contributed by atoms with Gasteiger partial charge in [0.25, 0.3) is 5.91 Å². The molecule has 1 fully saturated rings. The number of aliphatic hydroxyl groups excluding tert-OH is 1. The summed E-state index contributed by atoms with van der Waals surface area (Å²) in [6.07, 6.45) is -2.78. The van der Waals surface area contributed by atoms with Gasteiger partial charge in [-0.2, -0.15) is 8.78 Å². The van der Waals surface area contributed by atoms with E-state index < -0.39 is 24.4 Å². The predicted molar refractivity (Wildman–Crippen MR) is 47.3 cm³/mol. The Bertz CT molecular complexity index is 260. The van der Waals surface area contributed by atoms with Gasteiger partial charge in [-0.1, -0.05) is 6.42 Å². The number of halogens is 4. The first-order valence-electron chi connectivity index (χ1n) is 4.98. The largest absolute Gasteiger partial charge is 0.393 e. The Morgan fingerprint density at radius 2 is 2.06 bits per heavy atom. The Balaban J connectivity index is 2.40. The zero-order valence-corrected chi connectivity index (χ0v) is 8.43. The topological polar surface area (TPSA) is 49.3 Å². The van der Waals surface area contributed by atoms with E-state index in [0.717, 1.165) is 6.42 Å². The van der Waals surface area contributed by atoms with Crippen molar-refractivity contribution in [1.82, 2.24) is 5.32 Å². The van der Waals surface area contributed by atoms with E-state index in [2.05, 4.69) is 0 Å². The average Bonchev–Trinajstić information content (AvgIpc) is 2.60. The van der Waals surface area contributed by atoms with E-state index in [9.17, 15) is 27.5 Å². The molecule has 2 N–H and O–H groups in total. The van der Waals surface area contributed by atoms with Gasteiger partial charge in [0, 0.05) is 12.5 Å². The standard InChI is InChI=1S/C9H13F4NO2/c10-7(11)9(12,13)8(16)14-4-5-2-1-3-6(5)15/h5-7,15H,1-4H2,(H,14,16). The number of alkyl halides is 4. The molecule has 0 radical (unpaired) electrons. The zero-order chi connectivity index (χ0) is 12.3. The summed E-state index contributed by atoms with van der Waals surface area (Å²) in [5.41, 5.74) is 0. The molecule has 0 aromatic rings. The van der Waals surface area contributed by atoms with Crippen LogP contribution in [-0.4, -0.2) is 36.0 Å².